The Kier molecular flexibility index (Phi) is 4.62. The van der Waals surface area contributed by atoms with Crippen LogP contribution < -0.4 is 10.6 Å². The van der Waals surface area contributed by atoms with Crippen molar-refractivity contribution in [2.75, 3.05) is 17.2 Å². The van der Waals surface area contributed by atoms with Crippen LogP contribution in [0.15, 0.2) is 24.4 Å². The van der Waals surface area contributed by atoms with Crippen molar-refractivity contribution in [2.45, 2.75) is 27.2 Å². The SMILES string of the molecule is CCNc1cc(C)ccc1C(=O)Nc1cn(C)nc1CC. The number of hydrogen-bond acceptors (Lipinski definition) is 3. The molecule has 0 atom stereocenters. The van der Waals surface area contributed by atoms with E-state index in [0.717, 1.165) is 35.6 Å². The standard InChI is InChI=1S/C16H22N4O/c1-5-13-15(10-20(4)19-13)18-16(21)12-8-7-11(3)9-14(12)17-6-2/h7-10,17H,5-6H2,1-4H3,(H,18,21). The van der Waals surface area contributed by atoms with Gasteiger partial charge in [-0.25, -0.2) is 0 Å². The van der Waals surface area contributed by atoms with Crippen LogP contribution in [0, 0.1) is 6.92 Å². The van der Waals surface area contributed by atoms with E-state index in [1.807, 2.05) is 52.2 Å². The maximum atomic E-state index is 12.5. The molecule has 0 saturated heterocycles. The number of benzene rings is 1. The van der Waals surface area contributed by atoms with E-state index in [1.54, 1.807) is 4.68 Å². The quantitative estimate of drug-likeness (QED) is 0.888. The van der Waals surface area contributed by atoms with Crippen LogP contribution in [-0.4, -0.2) is 22.2 Å². The molecule has 5 nitrogen and oxygen atoms in total. The zero-order valence-electron chi connectivity index (χ0n) is 13.0. The largest absolute Gasteiger partial charge is 0.385 e. The summed E-state index contributed by atoms with van der Waals surface area (Å²) in [5.74, 6) is -0.117. The Labute approximate surface area is 125 Å². The number of aryl methyl sites for hydroxylation is 3. The molecule has 0 fully saturated rings. The van der Waals surface area contributed by atoms with Crippen molar-refractivity contribution in [3.63, 3.8) is 0 Å². The summed E-state index contributed by atoms with van der Waals surface area (Å²) in [6.07, 6.45) is 2.61. The summed E-state index contributed by atoms with van der Waals surface area (Å²) in [6.45, 7) is 6.82. The molecule has 2 rings (SSSR count). The van der Waals surface area contributed by atoms with E-state index in [9.17, 15) is 4.79 Å². The molecule has 0 aliphatic rings. The van der Waals surface area contributed by atoms with Crippen LogP contribution in [0.2, 0.25) is 0 Å². The average molecular weight is 286 g/mol. The third-order valence-corrected chi connectivity index (χ3v) is 3.28. The number of nitrogens with zero attached hydrogens (tertiary/aromatic N) is 2. The first-order chi connectivity index (χ1) is 10.0. The first-order valence-corrected chi connectivity index (χ1v) is 7.23. The van der Waals surface area contributed by atoms with Gasteiger partial charge in [0.2, 0.25) is 0 Å². The molecule has 0 radical (unpaired) electrons. The Balaban J connectivity index is 2.27. The second-order valence-electron chi connectivity index (χ2n) is 5.05. The number of amides is 1. The molecule has 2 N–H and O–H groups in total. The van der Waals surface area contributed by atoms with Gasteiger partial charge in [0.25, 0.3) is 5.91 Å². The highest BCUT2D eigenvalue weighted by molar-refractivity contribution is 6.08. The predicted octanol–water partition coefficient (Wildman–Crippen LogP) is 2.98. The van der Waals surface area contributed by atoms with Crippen molar-refractivity contribution >= 4 is 17.3 Å². The van der Waals surface area contributed by atoms with Gasteiger partial charge in [0.1, 0.15) is 0 Å². The topological polar surface area (TPSA) is 59.0 Å². The molecule has 0 aliphatic carbocycles. The zero-order chi connectivity index (χ0) is 15.4. The Bertz CT molecular complexity index is 646. The van der Waals surface area contributed by atoms with Crippen molar-refractivity contribution in [1.29, 1.82) is 0 Å². The van der Waals surface area contributed by atoms with Crippen LogP contribution >= 0.6 is 0 Å². The van der Waals surface area contributed by atoms with E-state index < -0.39 is 0 Å². The molecule has 0 aliphatic heterocycles. The van der Waals surface area contributed by atoms with Gasteiger partial charge < -0.3 is 10.6 Å². The summed E-state index contributed by atoms with van der Waals surface area (Å²) < 4.78 is 1.72. The second kappa shape index (κ2) is 6.43. The lowest BCUT2D eigenvalue weighted by Gasteiger charge is -2.12. The van der Waals surface area contributed by atoms with E-state index in [2.05, 4.69) is 15.7 Å². The van der Waals surface area contributed by atoms with Crippen LogP contribution in [0.25, 0.3) is 0 Å². The average Bonchev–Trinajstić information content (AvgIpc) is 2.79. The van der Waals surface area contributed by atoms with E-state index in [4.69, 9.17) is 0 Å². The van der Waals surface area contributed by atoms with E-state index in [1.165, 1.54) is 0 Å². The van der Waals surface area contributed by atoms with E-state index in [0.29, 0.717) is 5.56 Å². The first kappa shape index (κ1) is 15.1. The summed E-state index contributed by atoms with van der Waals surface area (Å²) in [4.78, 5) is 12.5. The number of carbonyl (C=O) groups is 1. The van der Waals surface area contributed by atoms with Crippen LogP contribution in [0.1, 0.15) is 35.5 Å². The molecule has 0 bridgehead atoms. The number of carbonyl (C=O) groups excluding carboxylic acids is 1. The number of aromatic nitrogens is 2. The highest BCUT2D eigenvalue weighted by Gasteiger charge is 2.14. The predicted molar refractivity (Wildman–Crippen MR) is 85.9 cm³/mol. The maximum absolute atomic E-state index is 12.5. The molecular weight excluding hydrogens is 264 g/mol. The first-order valence-electron chi connectivity index (χ1n) is 7.23. The molecule has 1 aromatic carbocycles. The fourth-order valence-electron chi connectivity index (χ4n) is 2.28. The molecule has 21 heavy (non-hydrogen) atoms. The lowest BCUT2D eigenvalue weighted by Crippen LogP contribution is -2.15. The Morgan fingerprint density at radius 3 is 2.71 bits per heavy atom. The monoisotopic (exact) mass is 286 g/mol. The van der Waals surface area contributed by atoms with Gasteiger partial charge in [0.15, 0.2) is 0 Å². The van der Waals surface area contributed by atoms with Crippen LogP contribution in [0.3, 0.4) is 0 Å². The van der Waals surface area contributed by atoms with Gasteiger partial charge in [-0.15, -0.1) is 0 Å². The summed E-state index contributed by atoms with van der Waals surface area (Å²) in [5.41, 5.74) is 4.29. The fraction of sp³-hybridized carbons (Fsp3) is 0.375. The Morgan fingerprint density at radius 1 is 1.29 bits per heavy atom. The minimum atomic E-state index is -0.117. The van der Waals surface area contributed by atoms with Gasteiger partial charge >= 0.3 is 0 Å². The molecule has 1 heterocycles. The summed E-state index contributed by atoms with van der Waals surface area (Å²) >= 11 is 0. The number of rotatable bonds is 5. The van der Waals surface area contributed by atoms with Crippen molar-refractivity contribution in [2.24, 2.45) is 7.05 Å². The minimum absolute atomic E-state index is 0.117. The van der Waals surface area contributed by atoms with Crippen molar-refractivity contribution in [1.82, 2.24) is 9.78 Å². The molecular formula is C16H22N4O. The van der Waals surface area contributed by atoms with Crippen LogP contribution in [-0.2, 0) is 13.5 Å². The van der Waals surface area contributed by atoms with Crippen molar-refractivity contribution in [3.8, 4) is 0 Å². The molecule has 0 unspecified atom stereocenters. The highest BCUT2D eigenvalue weighted by Crippen LogP contribution is 2.21. The normalized spacial score (nSPS) is 10.5. The molecule has 1 aromatic heterocycles. The van der Waals surface area contributed by atoms with Gasteiger partial charge in [-0.2, -0.15) is 5.10 Å². The summed E-state index contributed by atoms with van der Waals surface area (Å²) in [5, 5.41) is 10.5. The molecule has 1 amide bonds. The molecule has 5 heteroatoms. The fourth-order valence-corrected chi connectivity index (χ4v) is 2.28. The van der Waals surface area contributed by atoms with Crippen molar-refractivity contribution in [3.05, 3.63) is 41.2 Å². The van der Waals surface area contributed by atoms with Crippen molar-refractivity contribution < 1.29 is 4.79 Å². The summed E-state index contributed by atoms with van der Waals surface area (Å²) in [7, 11) is 1.85. The zero-order valence-corrected chi connectivity index (χ0v) is 13.0. The van der Waals surface area contributed by atoms with Gasteiger partial charge in [0, 0.05) is 25.5 Å². The van der Waals surface area contributed by atoms with Gasteiger partial charge in [-0.1, -0.05) is 13.0 Å². The minimum Gasteiger partial charge on any atom is -0.385 e. The Hall–Kier alpha value is -2.30. The Morgan fingerprint density at radius 2 is 2.05 bits per heavy atom. The van der Waals surface area contributed by atoms with E-state index in [-0.39, 0.29) is 5.91 Å². The molecule has 0 spiro atoms. The summed E-state index contributed by atoms with van der Waals surface area (Å²) in [6, 6.07) is 5.78. The number of anilines is 2. The number of hydrogen-bond donors (Lipinski definition) is 2. The van der Waals surface area contributed by atoms with Gasteiger partial charge in [-0.05, 0) is 38.0 Å². The lowest BCUT2D eigenvalue weighted by atomic mass is 10.1. The van der Waals surface area contributed by atoms with Crippen LogP contribution in [0.4, 0.5) is 11.4 Å². The molecule has 112 valence electrons. The van der Waals surface area contributed by atoms with Gasteiger partial charge in [-0.3, -0.25) is 9.48 Å². The highest BCUT2D eigenvalue weighted by atomic mass is 16.1. The second-order valence-corrected chi connectivity index (χ2v) is 5.05. The van der Waals surface area contributed by atoms with E-state index >= 15 is 0 Å². The molecule has 2 aromatic rings. The third-order valence-electron chi connectivity index (χ3n) is 3.28. The number of nitrogens with one attached hydrogen (secondary N) is 2. The maximum Gasteiger partial charge on any atom is 0.257 e. The third kappa shape index (κ3) is 3.42. The lowest BCUT2D eigenvalue weighted by molar-refractivity contribution is 0.102. The smallest absolute Gasteiger partial charge is 0.257 e. The van der Waals surface area contributed by atoms with Crippen LogP contribution in [0.5, 0.6) is 0 Å². The van der Waals surface area contributed by atoms with Gasteiger partial charge in [0.05, 0.1) is 16.9 Å². The molecule has 0 saturated carbocycles.